The summed E-state index contributed by atoms with van der Waals surface area (Å²) in [5.74, 6) is 2.26. The first-order valence-corrected chi connectivity index (χ1v) is 9.39. The maximum absolute atomic E-state index is 10.9. The molecule has 0 bridgehead atoms. The van der Waals surface area contributed by atoms with E-state index in [1.165, 1.54) is 24.8 Å². The van der Waals surface area contributed by atoms with Gasteiger partial charge in [0.2, 0.25) is 6.79 Å². The number of nitrogens with zero attached hydrogens (tertiary/aromatic N) is 1. The lowest BCUT2D eigenvalue weighted by atomic mass is 9.77. The van der Waals surface area contributed by atoms with Crippen LogP contribution in [0, 0.1) is 11.8 Å². The molecule has 138 valence electrons. The lowest BCUT2D eigenvalue weighted by Crippen LogP contribution is -2.44. The Morgan fingerprint density at radius 1 is 1.24 bits per heavy atom. The fourth-order valence-corrected chi connectivity index (χ4v) is 4.14. The summed E-state index contributed by atoms with van der Waals surface area (Å²) < 4.78 is 10.9. The fourth-order valence-electron chi connectivity index (χ4n) is 4.14. The topological polar surface area (TPSA) is 59.0 Å². The molecule has 1 fully saturated rings. The molecule has 1 aromatic rings. The van der Waals surface area contributed by atoms with Crippen LogP contribution in [0.2, 0.25) is 0 Å². The molecule has 1 aromatic carbocycles. The Bertz CT molecular complexity index is 603. The van der Waals surface area contributed by atoms with Gasteiger partial charge in [-0.25, -0.2) is 0 Å². The maximum atomic E-state index is 10.9. The van der Waals surface area contributed by atoms with Crippen LogP contribution in [0.1, 0.15) is 51.5 Å². The van der Waals surface area contributed by atoms with E-state index in [1.54, 1.807) is 0 Å². The second kappa shape index (κ2) is 8.09. The Labute approximate surface area is 149 Å². The zero-order valence-corrected chi connectivity index (χ0v) is 15.2. The largest absolute Gasteiger partial charge is 0.481 e. The number of benzene rings is 1. The molecule has 5 nitrogen and oxygen atoms in total. The standard InChI is InChI=1S/C20H29NO4/c1-14-5-3-6-17(15(14)2)21(10-4-7-20(22)23)12-16-8-9-18-19(11-16)25-13-24-18/h8-9,11,14-15,17H,3-7,10,12-13H2,1-2H3,(H,22,23). The first-order chi connectivity index (χ1) is 12.0. The summed E-state index contributed by atoms with van der Waals surface area (Å²) in [5.41, 5.74) is 1.20. The molecule has 3 unspecified atom stereocenters. The zero-order valence-electron chi connectivity index (χ0n) is 15.2. The Morgan fingerprint density at radius 3 is 2.84 bits per heavy atom. The van der Waals surface area contributed by atoms with Crippen molar-refractivity contribution in [3.8, 4) is 11.5 Å². The quantitative estimate of drug-likeness (QED) is 0.810. The van der Waals surface area contributed by atoms with E-state index >= 15 is 0 Å². The van der Waals surface area contributed by atoms with Gasteiger partial charge < -0.3 is 14.6 Å². The van der Waals surface area contributed by atoms with Crippen LogP contribution in [0.25, 0.3) is 0 Å². The average molecular weight is 347 g/mol. The highest BCUT2D eigenvalue weighted by Gasteiger charge is 2.31. The number of rotatable bonds is 7. The number of ether oxygens (including phenoxy) is 2. The van der Waals surface area contributed by atoms with Crippen molar-refractivity contribution in [1.29, 1.82) is 0 Å². The van der Waals surface area contributed by atoms with Crippen molar-refractivity contribution in [2.75, 3.05) is 13.3 Å². The number of fused-ring (bicyclic) bond motifs is 1. The van der Waals surface area contributed by atoms with Crippen LogP contribution >= 0.6 is 0 Å². The normalized spacial score (nSPS) is 25.3. The third-order valence-electron chi connectivity index (χ3n) is 5.79. The molecular formula is C20H29NO4. The molecule has 0 spiro atoms. The maximum Gasteiger partial charge on any atom is 0.303 e. The molecule has 1 heterocycles. The number of carboxylic acid groups (broad SMARTS) is 1. The van der Waals surface area contributed by atoms with Crippen LogP contribution in [0.3, 0.4) is 0 Å². The van der Waals surface area contributed by atoms with Gasteiger partial charge in [0.1, 0.15) is 0 Å². The minimum absolute atomic E-state index is 0.230. The number of carbonyl (C=O) groups is 1. The molecule has 3 rings (SSSR count). The van der Waals surface area contributed by atoms with Crippen LogP contribution < -0.4 is 9.47 Å². The predicted octanol–water partition coefficient (Wildman–Crippen LogP) is 3.91. The van der Waals surface area contributed by atoms with Crippen molar-refractivity contribution in [2.45, 2.75) is 58.5 Å². The third kappa shape index (κ3) is 4.46. The minimum atomic E-state index is -0.715. The van der Waals surface area contributed by atoms with Gasteiger partial charge in [0.15, 0.2) is 11.5 Å². The molecule has 25 heavy (non-hydrogen) atoms. The highest BCUT2D eigenvalue weighted by molar-refractivity contribution is 5.66. The first-order valence-electron chi connectivity index (χ1n) is 9.39. The molecular weight excluding hydrogens is 318 g/mol. The second-order valence-electron chi connectivity index (χ2n) is 7.49. The SMILES string of the molecule is CC1CCCC(N(CCCC(=O)O)Cc2ccc3c(c2)OCO3)C1C. The summed E-state index contributed by atoms with van der Waals surface area (Å²) in [7, 11) is 0. The van der Waals surface area contributed by atoms with Crippen molar-refractivity contribution in [3.05, 3.63) is 23.8 Å². The monoisotopic (exact) mass is 347 g/mol. The zero-order chi connectivity index (χ0) is 17.8. The lowest BCUT2D eigenvalue weighted by Gasteiger charge is -2.42. The van der Waals surface area contributed by atoms with E-state index in [9.17, 15) is 4.79 Å². The van der Waals surface area contributed by atoms with Crippen molar-refractivity contribution < 1.29 is 19.4 Å². The second-order valence-corrected chi connectivity index (χ2v) is 7.49. The summed E-state index contributed by atoms with van der Waals surface area (Å²) >= 11 is 0. The molecule has 0 saturated heterocycles. The molecule has 1 aliphatic carbocycles. The van der Waals surface area contributed by atoms with Gasteiger partial charge in [0.25, 0.3) is 0 Å². The van der Waals surface area contributed by atoms with Crippen molar-refractivity contribution in [2.24, 2.45) is 11.8 Å². The van der Waals surface area contributed by atoms with Gasteiger partial charge in [-0.15, -0.1) is 0 Å². The molecule has 0 aromatic heterocycles. The van der Waals surface area contributed by atoms with E-state index in [0.29, 0.717) is 18.4 Å². The van der Waals surface area contributed by atoms with E-state index in [1.807, 2.05) is 6.07 Å². The fraction of sp³-hybridized carbons (Fsp3) is 0.650. The number of hydrogen-bond acceptors (Lipinski definition) is 4. The van der Waals surface area contributed by atoms with Crippen LogP contribution in [0.5, 0.6) is 11.5 Å². The summed E-state index contributed by atoms with van der Waals surface area (Å²) in [6.07, 6.45) is 4.67. The van der Waals surface area contributed by atoms with Gasteiger partial charge in [-0.05, 0) is 48.9 Å². The summed E-state index contributed by atoms with van der Waals surface area (Å²) in [6.45, 7) is 6.63. The molecule has 5 heteroatoms. The molecule has 1 saturated carbocycles. The third-order valence-corrected chi connectivity index (χ3v) is 5.79. The van der Waals surface area contributed by atoms with E-state index in [-0.39, 0.29) is 13.2 Å². The van der Waals surface area contributed by atoms with Gasteiger partial charge >= 0.3 is 5.97 Å². The molecule has 1 N–H and O–H groups in total. The van der Waals surface area contributed by atoms with Crippen LogP contribution in [-0.2, 0) is 11.3 Å². The van der Waals surface area contributed by atoms with E-state index in [4.69, 9.17) is 14.6 Å². The van der Waals surface area contributed by atoms with Crippen molar-refractivity contribution in [3.63, 3.8) is 0 Å². The predicted molar refractivity (Wildman–Crippen MR) is 95.8 cm³/mol. The Balaban J connectivity index is 1.72. The average Bonchev–Trinajstić information content (AvgIpc) is 3.04. The molecule has 0 radical (unpaired) electrons. The Hall–Kier alpha value is -1.75. The molecule has 3 atom stereocenters. The molecule has 2 aliphatic rings. The summed E-state index contributed by atoms with van der Waals surface area (Å²) in [6, 6.07) is 6.64. The number of carboxylic acids is 1. The molecule has 0 amide bonds. The van der Waals surface area contributed by atoms with Gasteiger partial charge in [0, 0.05) is 19.0 Å². The van der Waals surface area contributed by atoms with Gasteiger partial charge in [-0.3, -0.25) is 9.69 Å². The van der Waals surface area contributed by atoms with E-state index in [2.05, 4.69) is 30.9 Å². The van der Waals surface area contributed by atoms with Crippen LogP contribution in [-0.4, -0.2) is 35.4 Å². The van der Waals surface area contributed by atoms with Crippen molar-refractivity contribution in [1.82, 2.24) is 4.90 Å². The smallest absolute Gasteiger partial charge is 0.303 e. The molecule has 1 aliphatic heterocycles. The van der Waals surface area contributed by atoms with E-state index in [0.717, 1.165) is 30.5 Å². The highest BCUT2D eigenvalue weighted by Crippen LogP contribution is 2.36. The summed E-state index contributed by atoms with van der Waals surface area (Å²) in [4.78, 5) is 13.4. The Kier molecular flexibility index (Phi) is 5.84. The van der Waals surface area contributed by atoms with Gasteiger partial charge in [-0.1, -0.05) is 32.8 Å². The van der Waals surface area contributed by atoms with Gasteiger partial charge in [0.05, 0.1) is 0 Å². The van der Waals surface area contributed by atoms with Crippen molar-refractivity contribution >= 4 is 5.97 Å². The van der Waals surface area contributed by atoms with Crippen LogP contribution in [0.15, 0.2) is 18.2 Å². The highest BCUT2D eigenvalue weighted by atomic mass is 16.7. The Morgan fingerprint density at radius 2 is 2.04 bits per heavy atom. The van der Waals surface area contributed by atoms with Gasteiger partial charge in [-0.2, -0.15) is 0 Å². The lowest BCUT2D eigenvalue weighted by molar-refractivity contribution is -0.137. The number of aliphatic carboxylic acids is 1. The van der Waals surface area contributed by atoms with E-state index < -0.39 is 5.97 Å². The first kappa shape index (κ1) is 18.1. The summed E-state index contributed by atoms with van der Waals surface area (Å²) in [5, 5.41) is 8.98. The number of hydrogen-bond donors (Lipinski definition) is 1. The minimum Gasteiger partial charge on any atom is -0.481 e. The van der Waals surface area contributed by atoms with Crippen LogP contribution in [0.4, 0.5) is 0 Å².